The van der Waals surface area contributed by atoms with Crippen molar-refractivity contribution >= 4 is 22.4 Å². The van der Waals surface area contributed by atoms with Crippen LogP contribution in [0.15, 0.2) is 66.6 Å². The minimum absolute atomic E-state index is 0.0760. The minimum atomic E-state index is -0.569. The fourth-order valence-corrected chi connectivity index (χ4v) is 5.26. The molecule has 0 spiro atoms. The third kappa shape index (κ3) is 3.66. The molecule has 1 aliphatic heterocycles. The Bertz CT molecular complexity index is 1100. The van der Waals surface area contributed by atoms with Gasteiger partial charge in [-0.15, -0.1) is 0 Å². The number of nitrogens with two attached hydrogens (primary N) is 1. The number of rotatable bonds is 3. The molecule has 3 nitrogen and oxygen atoms in total. The molecule has 2 heterocycles. The summed E-state index contributed by atoms with van der Waals surface area (Å²) in [7, 11) is 0. The molecule has 2 aromatic carbocycles. The smallest absolute Gasteiger partial charge is 0.217 e. The molecule has 0 fully saturated rings. The Morgan fingerprint density at radius 2 is 1.97 bits per heavy atom. The van der Waals surface area contributed by atoms with E-state index in [9.17, 15) is 8.78 Å². The summed E-state index contributed by atoms with van der Waals surface area (Å²) < 4.78 is 27.3. The summed E-state index contributed by atoms with van der Waals surface area (Å²) in [6.45, 7) is 0. The number of anilines is 1. The van der Waals surface area contributed by atoms with Crippen molar-refractivity contribution < 1.29 is 14.1 Å². The third-order valence-electron chi connectivity index (χ3n) is 5.36. The van der Waals surface area contributed by atoms with Gasteiger partial charge in [-0.05, 0) is 65.6 Å². The maximum absolute atomic E-state index is 14.1. The van der Waals surface area contributed by atoms with Gasteiger partial charge in [-0.25, -0.2) is 8.78 Å². The number of allylic oxidation sites excluding steroid dienone is 1. The van der Waals surface area contributed by atoms with Gasteiger partial charge in [-0.2, -0.15) is 0 Å². The summed E-state index contributed by atoms with van der Waals surface area (Å²) in [6, 6.07) is 14.3. The lowest BCUT2D eigenvalue weighted by atomic mass is 9.98. The van der Waals surface area contributed by atoms with Gasteiger partial charge in [0.25, 0.3) is 0 Å². The second kappa shape index (κ2) is 7.61. The number of aromatic nitrogens is 1. The number of nitrogens with zero attached hydrogens (tertiary/aromatic N) is 1. The van der Waals surface area contributed by atoms with E-state index in [-0.39, 0.29) is 5.50 Å². The van der Waals surface area contributed by atoms with E-state index < -0.39 is 11.6 Å². The van der Waals surface area contributed by atoms with Gasteiger partial charge in [0.2, 0.25) is 5.50 Å². The molecule has 6 heteroatoms. The Morgan fingerprint density at radius 1 is 1.03 bits per heavy atom. The van der Waals surface area contributed by atoms with Gasteiger partial charge in [-0.1, -0.05) is 18.2 Å². The first-order valence-electron chi connectivity index (χ1n) is 9.67. The van der Waals surface area contributed by atoms with Crippen LogP contribution in [0, 0.1) is 11.6 Å². The molecular weight excluding hydrogens is 388 g/mol. The Balaban J connectivity index is 1.44. The van der Waals surface area contributed by atoms with Crippen LogP contribution < -0.4 is 10.6 Å². The largest absolute Gasteiger partial charge is 0.324 e. The number of hydrogen-bond acceptors (Lipinski definition) is 3. The zero-order chi connectivity index (χ0) is 19.8. The number of quaternary nitrogens is 1. The van der Waals surface area contributed by atoms with Crippen molar-refractivity contribution in [3.63, 3.8) is 0 Å². The van der Waals surface area contributed by atoms with Crippen LogP contribution in [0.4, 0.5) is 14.5 Å². The van der Waals surface area contributed by atoms with Crippen molar-refractivity contribution in [3.8, 4) is 11.1 Å². The van der Waals surface area contributed by atoms with E-state index in [0.29, 0.717) is 5.69 Å². The average molecular weight is 408 g/mol. The summed E-state index contributed by atoms with van der Waals surface area (Å²) in [6.07, 6.45) is 6.80. The quantitative estimate of drug-likeness (QED) is 0.658. The van der Waals surface area contributed by atoms with Gasteiger partial charge in [0.1, 0.15) is 17.3 Å². The molecule has 2 aliphatic rings. The maximum Gasteiger partial charge on any atom is 0.217 e. The standard InChI is InChI=1S/C23H19F2N3S/c24-17-8-9-20(19(25)12-17)27-23-28-21-5-1-3-14-6-7-15(11-18(14)22(21)29-23)16-4-2-10-26-13-16/h2,4,6-13,23,27-28H,1,3,5H2/p+1. The van der Waals surface area contributed by atoms with Crippen LogP contribution >= 0.6 is 11.8 Å². The second-order valence-electron chi connectivity index (χ2n) is 7.30. The van der Waals surface area contributed by atoms with E-state index in [2.05, 4.69) is 39.9 Å². The van der Waals surface area contributed by atoms with E-state index >= 15 is 0 Å². The molecule has 5 rings (SSSR count). The van der Waals surface area contributed by atoms with Gasteiger partial charge < -0.3 is 5.32 Å². The predicted molar refractivity (Wildman–Crippen MR) is 113 cm³/mol. The maximum atomic E-state index is 14.1. The SMILES string of the molecule is Fc1ccc(NC2[NH2+]C3=C(S2)c2cc(-c4cccnc4)ccc2CCC3)c(F)c1. The molecule has 0 amide bonds. The molecule has 0 radical (unpaired) electrons. The van der Waals surface area contributed by atoms with Crippen molar-refractivity contribution in [2.45, 2.75) is 24.8 Å². The number of hydrogen-bond donors (Lipinski definition) is 2. The van der Waals surface area contributed by atoms with E-state index in [1.807, 2.05) is 12.3 Å². The van der Waals surface area contributed by atoms with Crippen molar-refractivity contribution in [2.75, 3.05) is 5.32 Å². The Morgan fingerprint density at radius 3 is 2.79 bits per heavy atom. The number of halogens is 2. The fourth-order valence-electron chi connectivity index (χ4n) is 3.95. The molecule has 29 heavy (non-hydrogen) atoms. The van der Waals surface area contributed by atoms with Crippen molar-refractivity contribution in [3.05, 3.63) is 89.4 Å². The van der Waals surface area contributed by atoms with Crippen molar-refractivity contribution in [2.24, 2.45) is 0 Å². The highest BCUT2D eigenvalue weighted by Gasteiger charge is 2.33. The Labute approximate surface area is 172 Å². The van der Waals surface area contributed by atoms with Crippen LogP contribution in [0.5, 0.6) is 0 Å². The van der Waals surface area contributed by atoms with E-state index in [0.717, 1.165) is 36.5 Å². The van der Waals surface area contributed by atoms with E-state index in [1.165, 1.54) is 33.9 Å². The average Bonchev–Trinajstić information content (AvgIpc) is 3.05. The highest BCUT2D eigenvalue weighted by Crippen LogP contribution is 2.41. The summed E-state index contributed by atoms with van der Waals surface area (Å²) in [5.74, 6) is -1.14. The zero-order valence-corrected chi connectivity index (χ0v) is 16.5. The molecule has 3 N–H and O–H groups in total. The Kier molecular flexibility index (Phi) is 4.81. The van der Waals surface area contributed by atoms with Crippen LogP contribution in [0.25, 0.3) is 16.0 Å². The normalized spacial score (nSPS) is 18.2. The van der Waals surface area contributed by atoms with Crippen LogP contribution in [0.2, 0.25) is 0 Å². The molecular formula is C23H20F2N3S+. The van der Waals surface area contributed by atoms with Crippen molar-refractivity contribution in [1.82, 2.24) is 4.98 Å². The van der Waals surface area contributed by atoms with Crippen LogP contribution in [-0.2, 0) is 6.42 Å². The van der Waals surface area contributed by atoms with Gasteiger partial charge >= 0.3 is 0 Å². The Hall–Kier alpha value is -2.70. The van der Waals surface area contributed by atoms with E-state index in [4.69, 9.17) is 0 Å². The fraction of sp³-hybridized carbons (Fsp3) is 0.174. The van der Waals surface area contributed by atoms with Crippen LogP contribution in [-0.4, -0.2) is 10.5 Å². The first-order valence-corrected chi connectivity index (χ1v) is 10.6. The molecule has 3 aromatic rings. The predicted octanol–water partition coefficient (Wildman–Crippen LogP) is 4.74. The zero-order valence-electron chi connectivity index (χ0n) is 15.7. The highest BCUT2D eigenvalue weighted by molar-refractivity contribution is 8.09. The third-order valence-corrected chi connectivity index (χ3v) is 6.59. The summed E-state index contributed by atoms with van der Waals surface area (Å²) in [4.78, 5) is 5.49. The first-order chi connectivity index (χ1) is 14.2. The lowest BCUT2D eigenvalue weighted by Crippen LogP contribution is -2.87. The molecule has 0 bridgehead atoms. The van der Waals surface area contributed by atoms with Gasteiger partial charge in [0.15, 0.2) is 0 Å². The molecule has 1 aromatic heterocycles. The molecule has 146 valence electrons. The monoisotopic (exact) mass is 408 g/mol. The van der Waals surface area contributed by atoms with Gasteiger partial charge in [-0.3, -0.25) is 10.3 Å². The summed E-state index contributed by atoms with van der Waals surface area (Å²) in [5, 5.41) is 5.38. The summed E-state index contributed by atoms with van der Waals surface area (Å²) in [5.41, 5.74) is 6.39. The van der Waals surface area contributed by atoms with Gasteiger partial charge in [0.05, 0.1) is 10.6 Å². The van der Waals surface area contributed by atoms with Crippen LogP contribution in [0.1, 0.15) is 24.0 Å². The molecule has 0 saturated carbocycles. The van der Waals surface area contributed by atoms with Crippen molar-refractivity contribution in [1.29, 1.82) is 0 Å². The van der Waals surface area contributed by atoms with Gasteiger partial charge in [0, 0.05) is 30.4 Å². The molecule has 1 atom stereocenters. The van der Waals surface area contributed by atoms with Crippen LogP contribution in [0.3, 0.4) is 0 Å². The lowest BCUT2D eigenvalue weighted by molar-refractivity contribution is -0.612. The molecule has 0 saturated heterocycles. The number of aryl methyl sites for hydroxylation is 1. The molecule has 1 aliphatic carbocycles. The topological polar surface area (TPSA) is 41.5 Å². The molecule has 1 unspecified atom stereocenters. The number of pyridine rings is 1. The first kappa shape index (κ1) is 18.3. The number of nitrogens with one attached hydrogen (secondary N) is 1. The lowest BCUT2D eigenvalue weighted by Gasteiger charge is -2.14. The second-order valence-corrected chi connectivity index (χ2v) is 8.45. The number of benzene rings is 2. The van der Waals surface area contributed by atoms with E-state index in [1.54, 1.807) is 18.0 Å². The minimum Gasteiger partial charge on any atom is -0.324 e. The number of thioether (sulfide) groups is 1. The number of fused-ring (bicyclic) bond motifs is 2. The summed E-state index contributed by atoms with van der Waals surface area (Å²) >= 11 is 1.70. The highest BCUT2D eigenvalue weighted by atomic mass is 32.2.